The van der Waals surface area contributed by atoms with Gasteiger partial charge in [-0.1, -0.05) is 69.7 Å². The number of hydrogen-bond acceptors (Lipinski definition) is 14. The summed E-state index contributed by atoms with van der Waals surface area (Å²) in [6.45, 7) is -2.14. The van der Waals surface area contributed by atoms with Crippen LogP contribution in [-0.2, 0) is 19.1 Å². The predicted octanol–water partition coefficient (Wildman–Crippen LogP) is 7.46. The fraction of sp³-hybridized carbons (Fsp3) is 0.684. The number of esters is 2. The first kappa shape index (κ1) is 37.9. The van der Waals surface area contributed by atoms with Gasteiger partial charge in [-0.2, -0.15) is 43.9 Å². The molecule has 0 aliphatic rings. The van der Waals surface area contributed by atoms with Gasteiger partial charge in [-0.3, -0.25) is 9.59 Å². The molecule has 2 heterocycles. The van der Waals surface area contributed by atoms with E-state index in [9.17, 15) is 53.5 Å². The average molecular weight is 749 g/mol. The number of aromatic nitrogens is 4. The summed E-state index contributed by atoms with van der Waals surface area (Å²) < 4.78 is 135. The predicted molar refractivity (Wildman–Crippen MR) is 140 cm³/mol. The minimum atomic E-state index is -5.72. The minimum Gasteiger partial charge on any atom is -0.465 e. The highest BCUT2D eigenvalue weighted by atomic mass is 32.2. The molecule has 0 amide bonds. The van der Waals surface area contributed by atoms with Crippen LogP contribution < -0.4 is 0 Å². The maximum Gasteiger partial charge on any atom is 0.453 e. The summed E-state index contributed by atoms with van der Waals surface area (Å²) in [6.07, 6.45) is -15.2. The molecular formula is C19H18F10N4O4S6. The lowest BCUT2D eigenvalue weighted by Gasteiger charge is -2.19. The molecule has 244 valence electrons. The van der Waals surface area contributed by atoms with Crippen molar-refractivity contribution in [3.8, 4) is 0 Å². The Morgan fingerprint density at radius 3 is 1.23 bits per heavy atom. The SMILES string of the molecule is O=C(CCSc1nnc(SCSc2nnc(SCCC(=O)OCCC(F)(F)C(F)(F)F)s2)s1)OCCC(F)(F)C(F)(F)F. The van der Waals surface area contributed by atoms with Crippen LogP contribution >= 0.6 is 69.7 Å². The van der Waals surface area contributed by atoms with Crippen molar-refractivity contribution in [3.63, 3.8) is 0 Å². The smallest absolute Gasteiger partial charge is 0.453 e. The summed E-state index contributed by atoms with van der Waals surface area (Å²) in [5, 5.41) is 16.2. The van der Waals surface area contributed by atoms with Gasteiger partial charge in [-0.25, -0.2) is 0 Å². The van der Waals surface area contributed by atoms with E-state index in [-0.39, 0.29) is 24.3 Å². The molecule has 43 heavy (non-hydrogen) atoms. The maximum absolute atomic E-state index is 12.8. The van der Waals surface area contributed by atoms with Crippen LogP contribution in [0.15, 0.2) is 17.4 Å². The van der Waals surface area contributed by atoms with Crippen LogP contribution in [0.25, 0.3) is 0 Å². The van der Waals surface area contributed by atoms with E-state index in [1.165, 1.54) is 46.2 Å². The molecule has 0 aromatic carbocycles. The zero-order valence-corrected chi connectivity index (χ0v) is 25.9. The Kier molecular flexibility index (Phi) is 14.9. The van der Waals surface area contributed by atoms with Gasteiger partial charge in [-0.05, 0) is 0 Å². The quantitative estimate of drug-likeness (QED) is 0.0655. The van der Waals surface area contributed by atoms with Crippen molar-refractivity contribution in [2.45, 2.75) is 67.2 Å². The summed E-state index contributed by atoms with van der Waals surface area (Å²) in [7, 11) is 0. The summed E-state index contributed by atoms with van der Waals surface area (Å²) >= 11 is 7.30. The molecule has 0 saturated heterocycles. The van der Waals surface area contributed by atoms with Crippen molar-refractivity contribution >= 4 is 81.7 Å². The van der Waals surface area contributed by atoms with Crippen LogP contribution in [0.4, 0.5) is 43.9 Å². The van der Waals surface area contributed by atoms with E-state index in [1.54, 1.807) is 0 Å². The molecular weight excluding hydrogens is 731 g/mol. The number of nitrogens with zero attached hydrogens (tertiary/aromatic N) is 4. The number of carbonyl (C=O) groups is 2. The monoisotopic (exact) mass is 748 g/mol. The third-order valence-electron chi connectivity index (χ3n) is 4.39. The summed E-state index contributed by atoms with van der Waals surface area (Å²) in [4.78, 5) is 23.1. The van der Waals surface area contributed by atoms with Crippen LogP contribution in [0.2, 0.25) is 0 Å². The van der Waals surface area contributed by atoms with Gasteiger partial charge >= 0.3 is 36.1 Å². The molecule has 2 aromatic heterocycles. The van der Waals surface area contributed by atoms with Crippen molar-refractivity contribution in [1.82, 2.24) is 20.4 Å². The second kappa shape index (κ2) is 16.9. The third-order valence-corrected chi connectivity index (χ3v) is 10.9. The number of halogens is 10. The molecule has 8 nitrogen and oxygen atoms in total. The van der Waals surface area contributed by atoms with Crippen LogP contribution in [0, 0.1) is 0 Å². The third kappa shape index (κ3) is 13.7. The number of carbonyl (C=O) groups excluding carboxylic acids is 2. The molecule has 2 rings (SSSR count). The second-order valence-corrected chi connectivity index (χ2v) is 15.1. The standard InChI is InChI=1S/C19H18F10N4O4S6/c20-16(21,18(24,25)26)3-5-36-10(34)1-7-38-12-30-32-14(42-12)40-9-41-15-33-31-13(43-15)39-8-2-11(35)37-6-4-17(22,23)19(27,28)29/h1-9H2. The van der Waals surface area contributed by atoms with Gasteiger partial charge in [0.05, 0.1) is 44.0 Å². The Hall–Kier alpha value is -1.24. The average Bonchev–Trinajstić information content (AvgIpc) is 3.52. The van der Waals surface area contributed by atoms with Crippen molar-refractivity contribution in [1.29, 1.82) is 0 Å². The van der Waals surface area contributed by atoms with Crippen molar-refractivity contribution in [3.05, 3.63) is 0 Å². The number of ether oxygens (including phenoxy) is 2. The molecule has 0 spiro atoms. The molecule has 0 fully saturated rings. The lowest BCUT2D eigenvalue weighted by atomic mass is 10.2. The fourth-order valence-electron chi connectivity index (χ4n) is 2.22. The number of thioether (sulfide) groups is 4. The number of hydrogen-bond donors (Lipinski definition) is 0. The summed E-state index contributed by atoms with van der Waals surface area (Å²) in [6, 6.07) is 0. The molecule has 0 atom stereocenters. The highest BCUT2D eigenvalue weighted by Crippen LogP contribution is 2.39. The first-order chi connectivity index (χ1) is 19.9. The zero-order valence-electron chi connectivity index (χ0n) is 21.0. The molecule has 2 aromatic rings. The molecule has 0 unspecified atom stereocenters. The van der Waals surface area contributed by atoms with E-state index in [4.69, 9.17) is 0 Å². The number of rotatable bonds is 18. The van der Waals surface area contributed by atoms with Gasteiger partial charge in [0.25, 0.3) is 0 Å². The van der Waals surface area contributed by atoms with Gasteiger partial charge in [0.2, 0.25) is 0 Å². The first-order valence-electron chi connectivity index (χ1n) is 11.3. The van der Waals surface area contributed by atoms with Crippen molar-refractivity contribution in [2.24, 2.45) is 0 Å². The molecule has 0 bridgehead atoms. The topological polar surface area (TPSA) is 104 Å². The lowest BCUT2D eigenvalue weighted by molar-refractivity contribution is -0.286. The molecule has 0 aliphatic carbocycles. The van der Waals surface area contributed by atoms with Gasteiger partial charge in [0.15, 0.2) is 17.4 Å². The zero-order chi connectivity index (χ0) is 32.3. The first-order valence-corrected chi connectivity index (χ1v) is 16.9. The largest absolute Gasteiger partial charge is 0.465 e. The van der Waals surface area contributed by atoms with E-state index in [0.717, 1.165) is 23.5 Å². The van der Waals surface area contributed by atoms with Crippen LogP contribution in [-0.4, -0.2) is 86.3 Å². The van der Waals surface area contributed by atoms with E-state index < -0.39 is 62.2 Å². The van der Waals surface area contributed by atoms with Gasteiger partial charge < -0.3 is 9.47 Å². The Bertz CT molecular complexity index is 1090. The van der Waals surface area contributed by atoms with Crippen molar-refractivity contribution < 1.29 is 63.0 Å². The van der Waals surface area contributed by atoms with Crippen LogP contribution in [0.1, 0.15) is 25.7 Å². The van der Waals surface area contributed by atoms with Gasteiger partial charge in [0.1, 0.15) is 0 Å². The molecule has 0 aliphatic heterocycles. The van der Waals surface area contributed by atoms with Gasteiger partial charge in [-0.15, -0.1) is 20.4 Å². The minimum absolute atomic E-state index is 0.138. The molecule has 0 N–H and O–H groups in total. The highest BCUT2D eigenvalue weighted by Gasteiger charge is 2.57. The van der Waals surface area contributed by atoms with Crippen LogP contribution in [0.3, 0.4) is 0 Å². The van der Waals surface area contributed by atoms with E-state index in [1.807, 2.05) is 0 Å². The molecule has 0 saturated carbocycles. The Morgan fingerprint density at radius 1 is 0.581 bits per heavy atom. The summed E-state index contributed by atoms with van der Waals surface area (Å²) in [5.41, 5.74) is 0. The Labute approximate surface area is 261 Å². The molecule has 24 heteroatoms. The van der Waals surface area contributed by atoms with E-state index in [2.05, 4.69) is 29.9 Å². The van der Waals surface area contributed by atoms with E-state index in [0.29, 0.717) is 22.4 Å². The Balaban J connectivity index is 1.59. The summed E-state index contributed by atoms with van der Waals surface area (Å²) in [5.74, 6) is -11.5. The van der Waals surface area contributed by atoms with Crippen LogP contribution in [0.5, 0.6) is 0 Å². The second-order valence-electron chi connectivity index (χ2n) is 7.62. The van der Waals surface area contributed by atoms with Crippen molar-refractivity contribution in [2.75, 3.05) is 29.8 Å². The maximum atomic E-state index is 12.8. The van der Waals surface area contributed by atoms with E-state index >= 15 is 0 Å². The lowest BCUT2D eigenvalue weighted by Crippen LogP contribution is -2.37. The fourth-order valence-corrected chi connectivity index (χ4v) is 8.74. The Morgan fingerprint density at radius 2 is 0.907 bits per heavy atom. The number of alkyl halides is 10. The molecule has 0 radical (unpaired) electrons. The highest BCUT2D eigenvalue weighted by molar-refractivity contribution is 8.17. The van der Waals surface area contributed by atoms with Gasteiger partial charge in [0, 0.05) is 11.5 Å². The normalized spacial score (nSPS) is 12.9.